The molecule has 1 heterocycles. The van der Waals surface area contributed by atoms with Gasteiger partial charge in [-0.05, 0) is 6.08 Å². The first-order valence-electron chi connectivity index (χ1n) is 7.12. The van der Waals surface area contributed by atoms with Crippen molar-refractivity contribution in [3.8, 4) is 0 Å². The van der Waals surface area contributed by atoms with E-state index in [9.17, 15) is 9.59 Å². The molecule has 2 rings (SSSR count). The number of morpholine rings is 1. The Hall–Kier alpha value is -1.73. The van der Waals surface area contributed by atoms with Gasteiger partial charge in [0.05, 0.1) is 44.1 Å². The van der Waals surface area contributed by atoms with E-state index in [2.05, 4.69) is 4.74 Å². The minimum Gasteiger partial charge on any atom is -0.492 e. The highest BCUT2D eigenvalue weighted by Crippen LogP contribution is 2.20. The molecule has 1 atom stereocenters. The van der Waals surface area contributed by atoms with Gasteiger partial charge in [0, 0.05) is 13.1 Å². The lowest BCUT2D eigenvalue weighted by Crippen LogP contribution is -2.45. The van der Waals surface area contributed by atoms with Gasteiger partial charge in [-0.25, -0.2) is 0 Å². The van der Waals surface area contributed by atoms with Crippen molar-refractivity contribution in [2.24, 2.45) is 5.92 Å². The largest absolute Gasteiger partial charge is 0.492 e. The van der Waals surface area contributed by atoms with Crippen molar-refractivity contribution in [2.45, 2.75) is 6.42 Å². The highest BCUT2D eigenvalue weighted by Gasteiger charge is 2.30. The van der Waals surface area contributed by atoms with Gasteiger partial charge in [-0.2, -0.15) is 0 Å². The summed E-state index contributed by atoms with van der Waals surface area (Å²) >= 11 is 5.36. The molecular formula is C15H19NO5S. The molecule has 6 nitrogen and oxygen atoms in total. The minimum absolute atomic E-state index is 0.0354. The predicted molar refractivity (Wildman–Crippen MR) is 83.3 cm³/mol. The molecule has 1 aliphatic heterocycles. The van der Waals surface area contributed by atoms with Gasteiger partial charge >= 0.3 is 5.97 Å². The molecule has 0 N–H and O–H groups in total. The van der Waals surface area contributed by atoms with Crippen molar-refractivity contribution in [3.05, 3.63) is 24.0 Å². The van der Waals surface area contributed by atoms with Crippen molar-refractivity contribution in [2.75, 3.05) is 40.0 Å². The molecule has 1 fully saturated rings. The monoisotopic (exact) mass is 325 g/mol. The molecule has 120 valence electrons. The second-order valence-corrected chi connectivity index (χ2v) is 5.31. The van der Waals surface area contributed by atoms with Crippen LogP contribution in [0.15, 0.2) is 24.0 Å². The van der Waals surface area contributed by atoms with Gasteiger partial charge in [-0.15, -0.1) is 0 Å². The first kappa shape index (κ1) is 16.6. The number of amides is 1. The Bertz CT molecular complexity index is 508. The molecule has 0 saturated carbocycles. The molecule has 0 spiro atoms. The van der Waals surface area contributed by atoms with Gasteiger partial charge in [-0.1, -0.05) is 24.4 Å². The zero-order valence-corrected chi connectivity index (χ0v) is 13.3. The first-order chi connectivity index (χ1) is 10.6. The highest BCUT2D eigenvalue weighted by atomic mass is 32.1. The summed E-state index contributed by atoms with van der Waals surface area (Å²) in [6.45, 7) is 2.42. The van der Waals surface area contributed by atoms with Crippen LogP contribution in [0.25, 0.3) is 0 Å². The van der Waals surface area contributed by atoms with E-state index in [0.717, 1.165) is 0 Å². The summed E-state index contributed by atoms with van der Waals surface area (Å²) in [5.74, 6) is -0.412. The quantitative estimate of drug-likeness (QED) is 0.552. The zero-order chi connectivity index (χ0) is 15.9. The maximum Gasteiger partial charge on any atom is 0.308 e. The average molecular weight is 325 g/mol. The number of esters is 1. The SMILES string of the molecule is COC(=O)CCOC1=CC=CC(C(=O)N2CCOCC2)C1=S. The molecule has 2 aliphatic rings. The Morgan fingerprint density at radius 1 is 1.41 bits per heavy atom. The molecule has 22 heavy (non-hydrogen) atoms. The zero-order valence-electron chi connectivity index (χ0n) is 12.4. The fourth-order valence-electron chi connectivity index (χ4n) is 2.22. The maximum atomic E-state index is 12.5. The van der Waals surface area contributed by atoms with Crippen LogP contribution >= 0.6 is 12.2 Å². The fourth-order valence-corrected chi connectivity index (χ4v) is 2.52. The summed E-state index contributed by atoms with van der Waals surface area (Å²) in [5.41, 5.74) is 0. The Balaban J connectivity index is 1.91. The van der Waals surface area contributed by atoms with Crippen LogP contribution in [0.1, 0.15) is 6.42 Å². The summed E-state index contributed by atoms with van der Waals surface area (Å²) in [5, 5.41) is 0. The number of hydrogen-bond acceptors (Lipinski definition) is 6. The molecule has 0 radical (unpaired) electrons. The molecule has 0 aromatic carbocycles. The van der Waals surface area contributed by atoms with Crippen LogP contribution in [-0.2, 0) is 23.8 Å². The lowest BCUT2D eigenvalue weighted by atomic mass is 9.97. The molecule has 7 heteroatoms. The number of thiocarbonyl (C=S) groups is 1. The standard InChI is InChI=1S/C15H19NO5S/c1-19-13(17)5-8-21-12-4-2-3-11(14(12)22)15(18)16-6-9-20-10-7-16/h2-4,11H,5-10H2,1H3. The number of carbonyl (C=O) groups is 2. The minimum atomic E-state index is -0.494. The van der Waals surface area contributed by atoms with E-state index >= 15 is 0 Å². The number of nitrogens with zero attached hydrogens (tertiary/aromatic N) is 1. The fraction of sp³-hybridized carbons (Fsp3) is 0.533. The third kappa shape index (κ3) is 4.14. The van der Waals surface area contributed by atoms with Gasteiger partial charge in [0.25, 0.3) is 0 Å². The number of ether oxygens (including phenoxy) is 3. The normalized spacial score (nSPS) is 21.3. The summed E-state index contributed by atoms with van der Waals surface area (Å²) in [7, 11) is 1.33. The van der Waals surface area contributed by atoms with Crippen LogP contribution in [0.2, 0.25) is 0 Å². The predicted octanol–water partition coefficient (Wildman–Crippen LogP) is 0.865. The molecule has 1 aliphatic carbocycles. The highest BCUT2D eigenvalue weighted by molar-refractivity contribution is 7.81. The van der Waals surface area contributed by atoms with Gasteiger partial charge in [0.1, 0.15) is 5.76 Å². The average Bonchev–Trinajstić information content (AvgIpc) is 2.56. The van der Waals surface area contributed by atoms with Crippen molar-refractivity contribution in [1.29, 1.82) is 0 Å². The molecule has 0 aromatic rings. The molecule has 0 aromatic heterocycles. The second-order valence-electron chi connectivity index (χ2n) is 4.87. The Labute approximate surface area is 134 Å². The van der Waals surface area contributed by atoms with E-state index in [4.69, 9.17) is 21.7 Å². The van der Waals surface area contributed by atoms with E-state index in [-0.39, 0.29) is 24.9 Å². The Kier molecular flexibility index (Phi) is 6.09. The number of methoxy groups -OCH3 is 1. The van der Waals surface area contributed by atoms with Gasteiger partial charge in [0.15, 0.2) is 0 Å². The van der Waals surface area contributed by atoms with Crippen molar-refractivity contribution < 1.29 is 23.8 Å². The maximum absolute atomic E-state index is 12.5. The summed E-state index contributed by atoms with van der Waals surface area (Å²) in [4.78, 5) is 25.8. The van der Waals surface area contributed by atoms with Crippen LogP contribution in [0, 0.1) is 5.92 Å². The summed E-state index contributed by atoms with van der Waals surface area (Å²) < 4.78 is 15.3. The van der Waals surface area contributed by atoms with Crippen LogP contribution < -0.4 is 0 Å². The van der Waals surface area contributed by atoms with Gasteiger partial charge in [-0.3, -0.25) is 9.59 Å². The van der Waals surface area contributed by atoms with Crippen LogP contribution in [0.4, 0.5) is 0 Å². The number of allylic oxidation sites excluding steroid dienone is 3. The molecule has 0 bridgehead atoms. The summed E-state index contributed by atoms with van der Waals surface area (Å²) in [6.07, 6.45) is 5.38. The van der Waals surface area contributed by atoms with E-state index in [0.29, 0.717) is 36.9 Å². The molecule has 1 amide bonds. The lowest BCUT2D eigenvalue weighted by Gasteiger charge is -2.30. The first-order valence-corrected chi connectivity index (χ1v) is 7.53. The molecule has 1 unspecified atom stereocenters. The van der Waals surface area contributed by atoms with E-state index in [1.54, 1.807) is 23.1 Å². The smallest absolute Gasteiger partial charge is 0.308 e. The number of hydrogen-bond donors (Lipinski definition) is 0. The van der Waals surface area contributed by atoms with Crippen LogP contribution in [-0.4, -0.2) is 61.7 Å². The third-order valence-corrected chi connectivity index (χ3v) is 3.91. The van der Waals surface area contributed by atoms with E-state index in [1.165, 1.54) is 7.11 Å². The number of rotatable bonds is 5. The van der Waals surface area contributed by atoms with Crippen LogP contribution in [0.3, 0.4) is 0 Å². The van der Waals surface area contributed by atoms with Gasteiger partial charge in [0.2, 0.25) is 5.91 Å². The third-order valence-electron chi connectivity index (χ3n) is 3.46. The Morgan fingerprint density at radius 3 is 2.82 bits per heavy atom. The topological polar surface area (TPSA) is 65.1 Å². The molecular weight excluding hydrogens is 306 g/mol. The molecule has 1 saturated heterocycles. The lowest BCUT2D eigenvalue weighted by molar-refractivity contribution is -0.141. The van der Waals surface area contributed by atoms with Crippen molar-refractivity contribution >= 4 is 29.0 Å². The second kappa shape index (κ2) is 8.05. The van der Waals surface area contributed by atoms with Crippen LogP contribution in [0.5, 0.6) is 0 Å². The Morgan fingerprint density at radius 2 is 2.14 bits per heavy atom. The van der Waals surface area contributed by atoms with E-state index in [1.807, 2.05) is 0 Å². The van der Waals surface area contributed by atoms with Crippen molar-refractivity contribution in [1.82, 2.24) is 4.90 Å². The van der Waals surface area contributed by atoms with E-state index < -0.39 is 5.92 Å². The summed E-state index contributed by atoms with van der Waals surface area (Å²) in [6, 6.07) is 0. The van der Waals surface area contributed by atoms with Crippen molar-refractivity contribution in [3.63, 3.8) is 0 Å². The number of carbonyl (C=O) groups excluding carboxylic acids is 2. The van der Waals surface area contributed by atoms with Gasteiger partial charge < -0.3 is 19.1 Å².